The van der Waals surface area contributed by atoms with Crippen molar-refractivity contribution in [2.75, 3.05) is 0 Å². The zero-order valence-electron chi connectivity index (χ0n) is 15.6. The Morgan fingerprint density at radius 2 is 0.767 bits per heavy atom. The van der Waals surface area contributed by atoms with Crippen molar-refractivity contribution in [3.63, 3.8) is 0 Å². The number of para-hydroxylation sites is 3. The van der Waals surface area contributed by atoms with Crippen LogP contribution in [0.15, 0.2) is 91.4 Å². The van der Waals surface area contributed by atoms with Gasteiger partial charge in [-0.25, -0.2) is 0 Å². The van der Waals surface area contributed by atoms with Crippen molar-refractivity contribution in [2.45, 2.75) is 0 Å². The first kappa shape index (κ1) is 22.0. The maximum absolute atomic E-state index is 4.85. The van der Waals surface area contributed by atoms with E-state index in [1.54, 1.807) is 0 Å². The fourth-order valence-electron chi connectivity index (χ4n) is 2.65. The third-order valence-electron chi connectivity index (χ3n) is 4.05. The smallest absolute Gasteiger partial charge is 0.0650 e. The molecule has 0 aliphatic rings. The Morgan fingerprint density at radius 1 is 0.500 bits per heavy atom. The van der Waals surface area contributed by atoms with Crippen LogP contribution in [0.3, 0.4) is 0 Å². The van der Waals surface area contributed by atoms with Crippen LogP contribution in [0.25, 0.3) is 32.7 Å². The Labute approximate surface area is 188 Å². The molecular formula is C21H18Cl2N6Ru. The molecule has 6 aromatic rings. The van der Waals surface area contributed by atoms with Gasteiger partial charge in [0, 0.05) is 16.2 Å². The van der Waals surface area contributed by atoms with Crippen LogP contribution in [0.2, 0.25) is 0 Å². The minimum atomic E-state index is -0.346. The van der Waals surface area contributed by atoms with Crippen LogP contribution in [0.1, 0.15) is 0 Å². The predicted molar refractivity (Wildman–Crippen MR) is 120 cm³/mol. The largest absolute Gasteiger partial charge is 0.278 e. The van der Waals surface area contributed by atoms with Crippen LogP contribution in [0, 0.1) is 0 Å². The first-order valence-corrected chi connectivity index (χ1v) is 13.3. The van der Waals surface area contributed by atoms with Crippen LogP contribution in [-0.4, -0.2) is 30.6 Å². The van der Waals surface area contributed by atoms with Gasteiger partial charge in [-0.15, -0.1) is 0 Å². The Morgan fingerprint density at radius 3 is 1.03 bits per heavy atom. The number of nitrogens with zero attached hydrogens (tertiary/aromatic N) is 3. The summed E-state index contributed by atoms with van der Waals surface area (Å²) in [5, 5.41) is 23.7. The predicted octanol–water partition coefficient (Wildman–Crippen LogP) is 6.07. The molecule has 0 unspecified atom stereocenters. The average Bonchev–Trinajstić information content (AvgIpc) is 3.55. The second-order valence-corrected chi connectivity index (χ2v) is 8.56. The van der Waals surface area contributed by atoms with Crippen molar-refractivity contribution in [1.29, 1.82) is 0 Å². The fourth-order valence-corrected chi connectivity index (χ4v) is 2.65. The summed E-state index contributed by atoms with van der Waals surface area (Å²) in [7, 11) is 9.71. The third-order valence-corrected chi connectivity index (χ3v) is 4.05. The van der Waals surface area contributed by atoms with Crippen LogP contribution in [0.5, 0.6) is 0 Å². The van der Waals surface area contributed by atoms with Gasteiger partial charge in [-0.3, -0.25) is 15.3 Å². The molecule has 0 bridgehead atoms. The molecule has 0 aliphatic heterocycles. The second kappa shape index (κ2) is 12.1. The monoisotopic (exact) mass is 526 g/mol. The van der Waals surface area contributed by atoms with Crippen LogP contribution in [-0.2, 0) is 15.1 Å². The summed E-state index contributed by atoms with van der Waals surface area (Å²) < 4.78 is 0. The Kier molecular flexibility index (Phi) is 8.85. The van der Waals surface area contributed by atoms with Crippen molar-refractivity contribution < 1.29 is 15.1 Å². The van der Waals surface area contributed by atoms with Gasteiger partial charge in [0.15, 0.2) is 0 Å². The van der Waals surface area contributed by atoms with E-state index in [4.69, 9.17) is 19.4 Å². The van der Waals surface area contributed by atoms with E-state index in [2.05, 4.69) is 30.6 Å². The van der Waals surface area contributed by atoms with E-state index in [1.165, 1.54) is 0 Å². The van der Waals surface area contributed by atoms with Gasteiger partial charge in [-0.05, 0) is 18.2 Å². The van der Waals surface area contributed by atoms with Crippen molar-refractivity contribution in [3.05, 3.63) is 91.4 Å². The molecule has 0 saturated heterocycles. The van der Waals surface area contributed by atoms with Crippen LogP contribution >= 0.6 is 19.4 Å². The number of aromatic nitrogens is 6. The molecule has 3 N–H and O–H groups in total. The molecule has 0 atom stereocenters. The van der Waals surface area contributed by atoms with Gasteiger partial charge in [-0.2, -0.15) is 15.3 Å². The van der Waals surface area contributed by atoms with E-state index >= 15 is 0 Å². The molecule has 154 valence electrons. The van der Waals surface area contributed by atoms with Gasteiger partial charge >= 0.3 is 34.5 Å². The first-order chi connectivity index (χ1) is 14.8. The topological polar surface area (TPSA) is 86.0 Å². The van der Waals surface area contributed by atoms with Gasteiger partial charge in [0.05, 0.1) is 35.1 Å². The van der Waals surface area contributed by atoms with E-state index in [0.29, 0.717) is 0 Å². The molecule has 3 heterocycles. The number of rotatable bonds is 0. The number of benzene rings is 3. The van der Waals surface area contributed by atoms with E-state index in [1.807, 2.05) is 91.4 Å². The summed E-state index contributed by atoms with van der Waals surface area (Å²) in [5.74, 6) is 0. The van der Waals surface area contributed by atoms with Crippen LogP contribution < -0.4 is 0 Å². The van der Waals surface area contributed by atoms with Gasteiger partial charge in [0.2, 0.25) is 0 Å². The summed E-state index contributed by atoms with van der Waals surface area (Å²) >= 11 is -0.346. The first-order valence-electron chi connectivity index (χ1n) is 8.81. The number of hydrogen-bond acceptors (Lipinski definition) is 3. The summed E-state index contributed by atoms with van der Waals surface area (Å²) in [4.78, 5) is 0. The quantitative estimate of drug-likeness (QED) is 0.210. The summed E-state index contributed by atoms with van der Waals surface area (Å²) in [6.45, 7) is 0. The van der Waals surface area contributed by atoms with E-state index in [9.17, 15) is 0 Å². The zero-order chi connectivity index (χ0) is 21.0. The fraction of sp³-hybridized carbons (Fsp3) is 0. The molecule has 0 aliphatic carbocycles. The molecule has 3 aromatic carbocycles. The molecule has 0 amide bonds. The van der Waals surface area contributed by atoms with E-state index in [-0.39, 0.29) is 15.1 Å². The van der Waals surface area contributed by atoms with Crippen molar-refractivity contribution in [2.24, 2.45) is 0 Å². The summed E-state index contributed by atoms with van der Waals surface area (Å²) in [6, 6.07) is 24.0. The summed E-state index contributed by atoms with van der Waals surface area (Å²) in [5.41, 5.74) is 3.28. The van der Waals surface area contributed by atoms with E-state index < -0.39 is 0 Å². The second-order valence-electron chi connectivity index (χ2n) is 5.92. The summed E-state index contributed by atoms with van der Waals surface area (Å²) in [6.07, 6.45) is 5.44. The minimum Gasteiger partial charge on any atom is -0.278 e. The Balaban J connectivity index is 0.000000120. The molecule has 3 aromatic heterocycles. The molecule has 0 radical (unpaired) electrons. The Bertz CT molecular complexity index is 1030. The standard InChI is InChI=1S/3C7H6N2.2ClH.Ru/c3*1-2-4-7-6(3-1)5-8-9-7;;;/h3*1-5H,(H,8,9);2*1H;/q;;;;;+2/p-2. The average molecular weight is 526 g/mol. The van der Waals surface area contributed by atoms with Crippen LogP contribution in [0.4, 0.5) is 0 Å². The molecular weight excluding hydrogens is 508 g/mol. The van der Waals surface area contributed by atoms with Crippen molar-refractivity contribution in [1.82, 2.24) is 30.6 Å². The SMILES string of the molecule is [Cl][Ru][Cl].c1ccc2[nH]ncc2c1.c1ccc2[nH]ncc2c1.c1ccc2[nH]ncc2c1. The van der Waals surface area contributed by atoms with Crippen molar-refractivity contribution >= 4 is 52.1 Å². The normalized spacial score (nSPS) is 9.93. The number of aromatic amines is 3. The molecule has 0 spiro atoms. The minimum absolute atomic E-state index is 0.346. The van der Waals surface area contributed by atoms with Crippen molar-refractivity contribution in [3.8, 4) is 0 Å². The number of hydrogen-bond donors (Lipinski definition) is 3. The molecule has 0 fully saturated rings. The van der Waals surface area contributed by atoms with Gasteiger partial charge in [0.1, 0.15) is 0 Å². The number of halogens is 2. The maximum atomic E-state index is 4.85. The van der Waals surface area contributed by atoms with Gasteiger partial charge in [-0.1, -0.05) is 54.6 Å². The zero-order valence-corrected chi connectivity index (χ0v) is 18.9. The molecule has 6 nitrogen and oxygen atoms in total. The number of nitrogens with one attached hydrogen (secondary N) is 3. The van der Waals surface area contributed by atoms with Gasteiger partial charge < -0.3 is 0 Å². The maximum Gasteiger partial charge on any atom is 0.0650 e. The van der Waals surface area contributed by atoms with E-state index in [0.717, 1.165) is 32.7 Å². The Hall–Kier alpha value is -2.73. The van der Waals surface area contributed by atoms with Gasteiger partial charge in [0.25, 0.3) is 0 Å². The third kappa shape index (κ3) is 6.39. The number of H-pyrrole nitrogens is 3. The molecule has 0 saturated carbocycles. The molecule has 6 rings (SSSR count). The molecule has 30 heavy (non-hydrogen) atoms. The number of fused-ring (bicyclic) bond motifs is 3. The molecule has 9 heteroatoms.